The average Bonchev–Trinajstić information content (AvgIpc) is 3.25. The molecule has 2 N–H and O–H groups in total. The van der Waals surface area contributed by atoms with Gasteiger partial charge in [-0.15, -0.1) is 0 Å². The van der Waals surface area contributed by atoms with Crippen molar-refractivity contribution in [1.29, 1.82) is 0 Å². The largest absolute Gasteiger partial charge is 0.483 e. The molecule has 0 aliphatic carbocycles. The number of amides is 2. The van der Waals surface area contributed by atoms with Crippen LogP contribution < -0.4 is 15.6 Å². The number of nitrogens with zero attached hydrogens (tertiary/aromatic N) is 3. The first-order valence-corrected chi connectivity index (χ1v) is 10.2. The Morgan fingerprint density at radius 1 is 1.00 bits per heavy atom. The van der Waals surface area contributed by atoms with Crippen molar-refractivity contribution in [3.63, 3.8) is 0 Å². The number of benzene rings is 2. The number of hydrogen-bond acceptors (Lipinski definition) is 5. The van der Waals surface area contributed by atoms with Crippen LogP contribution >= 0.6 is 0 Å². The van der Waals surface area contributed by atoms with Gasteiger partial charge in [-0.1, -0.05) is 48.5 Å². The molecule has 2 aromatic carbocycles. The Labute approximate surface area is 185 Å². The number of nitrogens with one attached hydrogen (secondary N) is 2. The maximum Gasteiger partial charge on any atom is 0.276 e. The fourth-order valence-corrected chi connectivity index (χ4v) is 3.27. The molecule has 0 spiro atoms. The summed E-state index contributed by atoms with van der Waals surface area (Å²) >= 11 is 0. The molecular weight excluding hydrogens is 406 g/mol. The van der Waals surface area contributed by atoms with E-state index in [2.05, 4.69) is 20.9 Å². The quantitative estimate of drug-likeness (QED) is 0.457. The zero-order chi connectivity index (χ0) is 22.5. The minimum Gasteiger partial charge on any atom is -0.483 e. The van der Waals surface area contributed by atoms with Gasteiger partial charge in [-0.3, -0.25) is 20.4 Å². The zero-order valence-corrected chi connectivity index (χ0v) is 17.8. The minimum absolute atomic E-state index is 0.158. The lowest BCUT2D eigenvalue weighted by Crippen LogP contribution is -2.43. The Kier molecular flexibility index (Phi) is 6.12. The Morgan fingerprint density at radius 2 is 1.75 bits per heavy atom. The summed E-state index contributed by atoms with van der Waals surface area (Å²) in [4.78, 5) is 29.0. The van der Waals surface area contributed by atoms with Crippen molar-refractivity contribution >= 4 is 22.8 Å². The number of hydrogen-bond donors (Lipinski definition) is 2. The molecule has 162 valence electrons. The van der Waals surface area contributed by atoms with E-state index in [4.69, 9.17) is 4.74 Å². The molecule has 8 heteroatoms. The van der Waals surface area contributed by atoms with Gasteiger partial charge in [0.25, 0.3) is 11.8 Å². The summed E-state index contributed by atoms with van der Waals surface area (Å²) < 4.78 is 7.47. The molecule has 0 aliphatic heterocycles. The molecule has 2 aromatic heterocycles. The molecular formula is C24H23N5O3. The van der Waals surface area contributed by atoms with Crippen LogP contribution in [0.5, 0.6) is 5.75 Å². The second-order valence-electron chi connectivity index (χ2n) is 7.47. The average molecular weight is 429 g/mol. The number of rotatable bonds is 6. The first-order valence-electron chi connectivity index (χ1n) is 10.2. The van der Waals surface area contributed by atoms with Gasteiger partial charge in [0.15, 0.2) is 12.3 Å². The van der Waals surface area contributed by atoms with Crippen LogP contribution in [0.2, 0.25) is 0 Å². The maximum atomic E-state index is 12.4. The van der Waals surface area contributed by atoms with E-state index < -0.39 is 11.8 Å². The highest BCUT2D eigenvalue weighted by atomic mass is 16.5. The van der Waals surface area contributed by atoms with Crippen molar-refractivity contribution in [3.05, 3.63) is 78.6 Å². The van der Waals surface area contributed by atoms with Crippen molar-refractivity contribution in [2.45, 2.75) is 19.9 Å². The predicted molar refractivity (Wildman–Crippen MR) is 121 cm³/mol. The van der Waals surface area contributed by atoms with E-state index in [1.807, 2.05) is 62.4 Å². The molecule has 0 radical (unpaired) electrons. The Bertz CT molecular complexity index is 1250. The van der Waals surface area contributed by atoms with Crippen LogP contribution in [0.15, 0.2) is 73.1 Å². The van der Waals surface area contributed by atoms with Gasteiger partial charge in [0.2, 0.25) is 0 Å². The third-order valence-electron chi connectivity index (χ3n) is 4.83. The van der Waals surface area contributed by atoms with E-state index in [0.29, 0.717) is 17.0 Å². The van der Waals surface area contributed by atoms with E-state index >= 15 is 0 Å². The number of fused-ring (bicyclic) bond motifs is 1. The Hall–Kier alpha value is -4.20. The first kappa shape index (κ1) is 21.0. The Balaban J connectivity index is 1.35. The lowest BCUT2D eigenvalue weighted by atomic mass is 10.1. The maximum absolute atomic E-state index is 12.4. The highest BCUT2D eigenvalue weighted by molar-refractivity contribution is 5.97. The van der Waals surface area contributed by atoms with Gasteiger partial charge in [0.1, 0.15) is 5.75 Å². The molecule has 2 amide bonds. The van der Waals surface area contributed by atoms with Crippen molar-refractivity contribution in [3.8, 4) is 16.9 Å². The second kappa shape index (κ2) is 9.30. The molecule has 4 aromatic rings. The fourth-order valence-electron chi connectivity index (χ4n) is 3.27. The van der Waals surface area contributed by atoms with E-state index in [-0.39, 0.29) is 12.6 Å². The van der Waals surface area contributed by atoms with Gasteiger partial charge < -0.3 is 4.74 Å². The molecule has 0 saturated carbocycles. The van der Waals surface area contributed by atoms with Crippen molar-refractivity contribution in [2.75, 3.05) is 6.61 Å². The third-order valence-corrected chi connectivity index (χ3v) is 4.83. The lowest BCUT2D eigenvalue weighted by Gasteiger charge is -2.12. The number of hydrazine groups is 1. The number of para-hydroxylation sites is 1. The topological polar surface area (TPSA) is 98.1 Å². The first-order chi connectivity index (χ1) is 15.5. The monoisotopic (exact) mass is 429 g/mol. The summed E-state index contributed by atoms with van der Waals surface area (Å²) in [6.07, 6.45) is 3.12. The summed E-state index contributed by atoms with van der Waals surface area (Å²) in [5, 5.41) is 5.04. The molecule has 0 aliphatic rings. The molecule has 0 saturated heterocycles. The van der Waals surface area contributed by atoms with Gasteiger partial charge in [0.05, 0.1) is 11.8 Å². The van der Waals surface area contributed by atoms with Gasteiger partial charge in [-0.2, -0.15) is 5.10 Å². The highest BCUT2D eigenvalue weighted by Crippen LogP contribution is 2.29. The summed E-state index contributed by atoms with van der Waals surface area (Å²) in [6, 6.07) is 19.1. The molecule has 4 rings (SSSR count). The molecule has 2 heterocycles. The van der Waals surface area contributed by atoms with Crippen LogP contribution in [0.1, 0.15) is 30.2 Å². The Morgan fingerprint density at radius 3 is 2.53 bits per heavy atom. The molecule has 0 unspecified atom stereocenters. The van der Waals surface area contributed by atoms with Gasteiger partial charge >= 0.3 is 0 Å². The summed E-state index contributed by atoms with van der Waals surface area (Å²) in [5.74, 6) is -0.380. The zero-order valence-electron chi connectivity index (χ0n) is 17.8. The fraction of sp³-hybridized carbons (Fsp3) is 0.167. The highest BCUT2D eigenvalue weighted by Gasteiger charge is 2.13. The van der Waals surface area contributed by atoms with Crippen LogP contribution in [0, 0.1) is 0 Å². The van der Waals surface area contributed by atoms with E-state index in [1.54, 1.807) is 23.0 Å². The molecule has 0 fully saturated rings. The second-order valence-corrected chi connectivity index (χ2v) is 7.47. The SMILES string of the molecule is CC(C)n1ncc2cc(C(=O)NNC(=O)COc3ccccc3-c3ccccc3)cnc21. The molecule has 0 atom stereocenters. The number of carbonyl (C=O) groups is 2. The summed E-state index contributed by atoms with van der Waals surface area (Å²) in [5.41, 5.74) is 7.64. The van der Waals surface area contributed by atoms with E-state index in [0.717, 1.165) is 16.5 Å². The van der Waals surface area contributed by atoms with E-state index in [1.165, 1.54) is 6.20 Å². The van der Waals surface area contributed by atoms with Crippen molar-refractivity contribution in [2.24, 2.45) is 0 Å². The number of ether oxygens (including phenoxy) is 1. The summed E-state index contributed by atoms with van der Waals surface area (Å²) in [6.45, 7) is 3.76. The number of carbonyl (C=O) groups excluding carboxylic acids is 2. The van der Waals surface area contributed by atoms with Gasteiger partial charge in [0, 0.05) is 23.2 Å². The van der Waals surface area contributed by atoms with Crippen LogP contribution in [0.4, 0.5) is 0 Å². The smallest absolute Gasteiger partial charge is 0.276 e. The minimum atomic E-state index is -0.483. The number of aromatic nitrogens is 3. The van der Waals surface area contributed by atoms with Crippen LogP contribution in [-0.4, -0.2) is 33.2 Å². The standard InChI is InChI=1S/C24H23N5O3/c1-16(2)29-23-18(14-26-29)12-19(13-25-23)24(31)28-27-22(30)15-32-21-11-7-6-10-20(21)17-8-4-3-5-9-17/h3-14,16H,15H2,1-2H3,(H,27,30)(H,28,31). The van der Waals surface area contributed by atoms with Gasteiger partial charge in [-0.25, -0.2) is 9.67 Å². The van der Waals surface area contributed by atoms with Gasteiger partial charge in [-0.05, 0) is 31.5 Å². The summed E-state index contributed by atoms with van der Waals surface area (Å²) in [7, 11) is 0. The number of pyridine rings is 1. The molecule has 32 heavy (non-hydrogen) atoms. The van der Waals surface area contributed by atoms with Crippen LogP contribution in [0.3, 0.4) is 0 Å². The normalized spacial score (nSPS) is 10.8. The predicted octanol–water partition coefficient (Wildman–Crippen LogP) is 3.52. The van der Waals surface area contributed by atoms with Crippen molar-refractivity contribution in [1.82, 2.24) is 25.6 Å². The van der Waals surface area contributed by atoms with Crippen molar-refractivity contribution < 1.29 is 14.3 Å². The molecule has 8 nitrogen and oxygen atoms in total. The lowest BCUT2D eigenvalue weighted by molar-refractivity contribution is -0.123. The van der Waals surface area contributed by atoms with Crippen LogP contribution in [-0.2, 0) is 4.79 Å². The third kappa shape index (κ3) is 4.59. The molecule has 0 bridgehead atoms. The van der Waals surface area contributed by atoms with E-state index in [9.17, 15) is 9.59 Å². The van der Waals surface area contributed by atoms with Crippen LogP contribution in [0.25, 0.3) is 22.2 Å².